The molecule has 0 unspecified atom stereocenters. The van der Waals surface area contributed by atoms with Gasteiger partial charge in [-0.25, -0.2) is 0 Å². The van der Waals surface area contributed by atoms with Gasteiger partial charge in [0.25, 0.3) is 11.2 Å². The van der Waals surface area contributed by atoms with Crippen molar-refractivity contribution in [2.75, 3.05) is 5.32 Å². The molecule has 2 N–H and O–H groups in total. The topological polar surface area (TPSA) is 105 Å². The summed E-state index contributed by atoms with van der Waals surface area (Å²) in [7, 11) is 0. The number of fused-ring (bicyclic) bond motifs is 3. The first-order valence-corrected chi connectivity index (χ1v) is 9.22. The molecule has 1 aliphatic carbocycles. The van der Waals surface area contributed by atoms with Crippen LogP contribution in [0.5, 0.6) is 0 Å². The van der Waals surface area contributed by atoms with Gasteiger partial charge in [0.2, 0.25) is 5.91 Å². The van der Waals surface area contributed by atoms with Crippen LogP contribution in [0.3, 0.4) is 0 Å². The van der Waals surface area contributed by atoms with Gasteiger partial charge < -0.3 is 10.3 Å². The lowest BCUT2D eigenvalue weighted by Gasteiger charge is -2.17. The first-order chi connectivity index (χ1) is 13.5. The minimum Gasteiger partial charge on any atom is -0.326 e. The normalized spacial score (nSPS) is 13.1. The number of hydrogen-bond donors (Lipinski definition) is 2. The van der Waals surface area contributed by atoms with Crippen molar-refractivity contribution >= 4 is 28.2 Å². The van der Waals surface area contributed by atoms with E-state index in [4.69, 9.17) is 0 Å². The maximum atomic E-state index is 12.3. The van der Waals surface area contributed by atoms with Crippen molar-refractivity contribution in [1.82, 2.24) is 4.98 Å². The molecule has 7 heteroatoms. The number of amides is 1. The quantitative estimate of drug-likeness (QED) is 0.536. The van der Waals surface area contributed by atoms with Gasteiger partial charge in [-0.2, -0.15) is 0 Å². The summed E-state index contributed by atoms with van der Waals surface area (Å²) in [4.78, 5) is 37.8. The number of H-pyrrole nitrogens is 1. The van der Waals surface area contributed by atoms with Crippen molar-refractivity contribution < 1.29 is 9.72 Å². The van der Waals surface area contributed by atoms with Crippen LogP contribution in [0.2, 0.25) is 0 Å². The lowest BCUT2D eigenvalue weighted by atomic mass is 9.90. The Morgan fingerprint density at radius 2 is 1.79 bits per heavy atom. The molecule has 0 aliphatic heterocycles. The largest absolute Gasteiger partial charge is 0.326 e. The number of nitrogens with one attached hydrogen (secondary N) is 2. The summed E-state index contributed by atoms with van der Waals surface area (Å²) < 4.78 is 0. The van der Waals surface area contributed by atoms with Crippen molar-refractivity contribution in [1.29, 1.82) is 0 Å². The Balaban J connectivity index is 1.53. The minimum absolute atomic E-state index is 0.00836. The van der Waals surface area contributed by atoms with E-state index in [-0.39, 0.29) is 23.6 Å². The zero-order valence-electron chi connectivity index (χ0n) is 15.2. The Kier molecular flexibility index (Phi) is 4.65. The predicted molar refractivity (Wildman–Crippen MR) is 107 cm³/mol. The molecule has 1 heterocycles. The fraction of sp³-hybridized carbons (Fsp3) is 0.238. The van der Waals surface area contributed by atoms with E-state index in [1.165, 1.54) is 12.1 Å². The van der Waals surface area contributed by atoms with Crippen LogP contribution in [0.25, 0.3) is 10.9 Å². The SMILES string of the molecule is O=C(Cc1ccc([N+](=O)[O-])cc1)Nc1ccc2c3c(c(=O)[nH]c2c1)CCCC3. The van der Waals surface area contributed by atoms with E-state index in [1.807, 2.05) is 12.1 Å². The number of aromatic amines is 1. The van der Waals surface area contributed by atoms with Crippen molar-refractivity contribution in [3.05, 3.63) is 79.6 Å². The summed E-state index contributed by atoms with van der Waals surface area (Å²) in [6.07, 6.45) is 3.95. The predicted octanol–water partition coefficient (Wildman–Crippen LogP) is 3.50. The summed E-state index contributed by atoms with van der Waals surface area (Å²) in [5.74, 6) is -0.228. The summed E-state index contributed by atoms with van der Waals surface area (Å²) >= 11 is 0. The van der Waals surface area contributed by atoms with Gasteiger partial charge in [0.15, 0.2) is 0 Å². The van der Waals surface area contributed by atoms with Gasteiger partial charge in [-0.15, -0.1) is 0 Å². The molecule has 0 radical (unpaired) electrons. The van der Waals surface area contributed by atoms with Crippen LogP contribution in [-0.2, 0) is 24.1 Å². The van der Waals surface area contributed by atoms with Gasteiger partial charge >= 0.3 is 0 Å². The highest BCUT2D eigenvalue weighted by Crippen LogP contribution is 2.27. The van der Waals surface area contributed by atoms with Crippen LogP contribution in [-0.4, -0.2) is 15.8 Å². The standard InChI is InChI=1S/C21H19N3O4/c25-20(11-13-5-8-15(9-6-13)24(27)28)22-14-7-10-17-16-3-1-2-4-18(16)21(26)23-19(17)12-14/h5-10,12H,1-4,11H2,(H,22,25)(H,23,26). The van der Waals surface area contributed by atoms with Crippen molar-refractivity contribution in [3.8, 4) is 0 Å². The lowest BCUT2D eigenvalue weighted by Crippen LogP contribution is -2.19. The van der Waals surface area contributed by atoms with Gasteiger partial charge in [-0.1, -0.05) is 18.2 Å². The third-order valence-electron chi connectivity index (χ3n) is 5.13. The molecule has 0 bridgehead atoms. The number of anilines is 1. The second-order valence-electron chi connectivity index (χ2n) is 7.03. The Labute approximate surface area is 160 Å². The highest BCUT2D eigenvalue weighted by molar-refractivity contribution is 5.95. The molecule has 0 atom stereocenters. The maximum absolute atomic E-state index is 12.3. The third kappa shape index (κ3) is 3.51. The van der Waals surface area contributed by atoms with Crippen LogP contribution in [0.4, 0.5) is 11.4 Å². The van der Waals surface area contributed by atoms with Crippen LogP contribution < -0.4 is 10.9 Å². The highest BCUT2D eigenvalue weighted by Gasteiger charge is 2.16. The fourth-order valence-electron chi connectivity index (χ4n) is 3.77. The smallest absolute Gasteiger partial charge is 0.269 e. The van der Waals surface area contributed by atoms with E-state index in [2.05, 4.69) is 10.3 Å². The molecule has 4 rings (SSSR count). The van der Waals surface area contributed by atoms with Gasteiger partial charge in [0.1, 0.15) is 0 Å². The molecule has 7 nitrogen and oxygen atoms in total. The van der Waals surface area contributed by atoms with Gasteiger partial charge in [0, 0.05) is 28.8 Å². The molecular weight excluding hydrogens is 358 g/mol. The number of nitrogens with zero attached hydrogens (tertiary/aromatic N) is 1. The molecule has 0 fully saturated rings. The number of rotatable bonds is 4. The summed E-state index contributed by atoms with van der Waals surface area (Å²) in [5.41, 5.74) is 3.96. The third-order valence-corrected chi connectivity index (χ3v) is 5.13. The number of carbonyl (C=O) groups is 1. The van der Waals surface area contributed by atoms with E-state index >= 15 is 0 Å². The van der Waals surface area contributed by atoms with E-state index in [0.29, 0.717) is 11.3 Å². The second kappa shape index (κ2) is 7.26. The number of nitro benzene ring substituents is 1. The zero-order valence-corrected chi connectivity index (χ0v) is 15.2. The first kappa shape index (κ1) is 17.9. The Morgan fingerprint density at radius 3 is 2.50 bits per heavy atom. The molecule has 0 saturated heterocycles. The Morgan fingerprint density at radius 1 is 1.07 bits per heavy atom. The van der Waals surface area contributed by atoms with Crippen LogP contribution in [0.15, 0.2) is 47.3 Å². The number of non-ortho nitro benzene ring substituents is 1. The van der Waals surface area contributed by atoms with Crippen LogP contribution in [0, 0.1) is 10.1 Å². The van der Waals surface area contributed by atoms with Crippen LogP contribution in [0.1, 0.15) is 29.5 Å². The number of carbonyl (C=O) groups excluding carboxylic acids is 1. The number of pyridine rings is 1. The second-order valence-corrected chi connectivity index (χ2v) is 7.03. The first-order valence-electron chi connectivity index (χ1n) is 9.22. The van der Waals surface area contributed by atoms with E-state index in [0.717, 1.165) is 47.7 Å². The van der Waals surface area contributed by atoms with Gasteiger partial charge in [0.05, 0.1) is 16.9 Å². The number of hydrogen-bond acceptors (Lipinski definition) is 4. The zero-order chi connectivity index (χ0) is 19.7. The molecule has 0 spiro atoms. The summed E-state index contributed by atoms with van der Waals surface area (Å²) in [6.45, 7) is 0. The molecule has 142 valence electrons. The number of nitro groups is 1. The molecule has 3 aromatic rings. The van der Waals surface area contributed by atoms with Crippen molar-refractivity contribution in [2.45, 2.75) is 32.1 Å². The summed E-state index contributed by atoms with van der Waals surface area (Å²) in [5, 5.41) is 14.6. The Hall–Kier alpha value is -3.48. The van der Waals surface area contributed by atoms with E-state index in [1.54, 1.807) is 18.2 Å². The highest BCUT2D eigenvalue weighted by atomic mass is 16.6. The van der Waals surface area contributed by atoms with Crippen molar-refractivity contribution in [3.63, 3.8) is 0 Å². The number of aromatic nitrogens is 1. The Bertz CT molecular complexity index is 1130. The van der Waals surface area contributed by atoms with Gasteiger partial charge in [-0.3, -0.25) is 19.7 Å². The lowest BCUT2D eigenvalue weighted by molar-refractivity contribution is -0.384. The molecule has 1 aromatic heterocycles. The monoisotopic (exact) mass is 377 g/mol. The van der Waals surface area contributed by atoms with E-state index < -0.39 is 4.92 Å². The average molecular weight is 377 g/mol. The van der Waals surface area contributed by atoms with Crippen LogP contribution >= 0.6 is 0 Å². The average Bonchev–Trinajstić information content (AvgIpc) is 2.68. The molecule has 28 heavy (non-hydrogen) atoms. The number of benzene rings is 2. The fourth-order valence-corrected chi connectivity index (χ4v) is 3.77. The van der Waals surface area contributed by atoms with Crippen molar-refractivity contribution in [2.24, 2.45) is 0 Å². The summed E-state index contributed by atoms with van der Waals surface area (Å²) in [6, 6.07) is 11.5. The molecule has 1 aliphatic rings. The van der Waals surface area contributed by atoms with Gasteiger partial charge in [-0.05, 0) is 48.9 Å². The minimum atomic E-state index is -0.474. The maximum Gasteiger partial charge on any atom is 0.269 e. The number of aryl methyl sites for hydroxylation is 1. The molecular formula is C21H19N3O4. The molecule has 0 saturated carbocycles. The molecule has 1 amide bonds. The van der Waals surface area contributed by atoms with E-state index in [9.17, 15) is 19.7 Å². The molecule has 2 aromatic carbocycles.